The van der Waals surface area contributed by atoms with E-state index < -0.39 is 9.84 Å². The first kappa shape index (κ1) is 21.5. The van der Waals surface area contributed by atoms with Gasteiger partial charge in [0.05, 0.1) is 22.7 Å². The Hall–Kier alpha value is -2.35. The molecule has 3 aromatic rings. The molecule has 2 saturated heterocycles. The maximum absolute atomic E-state index is 11.8. The standard InChI is InChI=1S/C25H31N3O3S/c1-27(22-7-11-31-12-8-22)24-16-19(18-28-9-13-32(29,30)14-10-28)15-21-17-23(26-25(21)24)20-5-3-2-4-6-20/h2-6,15-17,22,26H,7-14,18H2,1H3. The fraction of sp³-hybridized carbons (Fsp3) is 0.440. The number of nitrogens with one attached hydrogen (secondary N) is 1. The summed E-state index contributed by atoms with van der Waals surface area (Å²) in [6, 6.07) is 17.6. The largest absolute Gasteiger partial charge is 0.381 e. The molecular weight excluding hydrogens is 422 g/mol. The second-order valence-corrected chi connectivity index (χ2v) is 11.3. The number of rotatable bonds is 5. The van der Waals surface area contributed by atoms with Crippen LogP contribution in [0, 0.1) is 0 Å². The summed E-state index contributed by atoms with van der Waals surface area (Å²) in [7, 11) is -0.687. The molecular formula is C25H31N3O3S. The Kier molecular flexibility index (Phi) is 5.97. The molecule has 0 spiro atoms. The fourth-order valence-electron chi connectivity index (χ4n) is 4.86. The third-order valence-corrected chi connectivity index (χ3v) is 8.42. The zero-order valence-electron chi connectivity index (χ0n) is 18.6. The van der Waals surface area contributed by atoms with Crippen LogP contribution in [0.4, 0.5) is 5.69 Å². The topological polar surface area (TPSA) is 65.6 Å². The molecule has 3 heterocycles. The van der Waals surface area contributed by atoms with Crippen molar-refractivity contribution < 1.29 is 13.2 Å². The van der Waals surface area contributed by atoms with Crippen molar-refractivity contribution in [3.05, 3.63) is 54.1 Å². The summed E-state index contributed by atoms with van der Waals surface area (Å²) in [5.41, 5.74) is 5.87. The van der Waals surface area contributed by atoms with Crippen LogP contribution in [0.25, 0.3) is 22.2 Å². The van der Waals surface area contributed by atoms with Gasteiger partial charge in [0.25, 0.3) is 0 Å². The number of aromatic nitrogens is 1. The number of sulfone groups is 1. The summed E-state index contributed by atoms with van der Waals surface area (Å²) in [4.78, 5) is 8.33. The number of hydrogen-bond acceptors (Lipinski definition) is 5. The lowest BCUT2D eigenvalue weighted by atomic mass is 10.0. The van der Waals surface area contributed by atoms with Crippen LogP contribution in [-0.2, 0) is 21.1 Å². The molecule has 1 N–H and O–H groups in total. The van der Waals surface area contributed by atoms with Crippen molar-refractivity contribution in [2.24, 2.45) is 0 Å². The van der Waals surface area contributed by atoms with Gasteiger partial charge in [-0.3, -0.25) is 4.90 Å². The molecule has 2 aliphatic heterocycles. The van der Waals surface area contributed by atoms with Gasteiger partial charge in [-0.25, -0.2) is 8.42 Å². The van der Waals surface area contributed by atoms with E-state index in [4.69, 9.17) is 4.74 Å². The number of ether oxygens (including phenoxy) is 1. The van der Waals surface area contributed by atoms with Gasteiger partial charge in [-0.15, -0.1) is 0 Å². The third-order valence-electron chi connectivity index (χ3n) is 6.81. The van der Waals surface area contributed by atoms with Gasteiger partial charge < -0.3 is 14.6 Å². The lowest BCUT2D eigenvalue weighted by Gasteiger charge is -2.34. The summed E-state index contributed by atoms with van der Waals surface area (Å²) in [6.45, 7) is 3.59. The van der Waals surface area contributed by atoms with Crippen LogP contribution in [0.15, 0.2) is 48.5 Å². The average Bonchev–Trinajstić information content (AvgIpc) is 3.25. The van der Waals surface area contributed by atoms with Crippen molar-refractivity contribution in [2.45, 2.75) is 25.4 Å². The second kappa shape index (κ2) is 8.89. The average molecular weight is 454 g/mol. The molecule has 5 rings (SSSR count). The van der Waals surface area contributed by atoms with Crippen LogP contribution < -0.4 is 4.90 Å². The molecule has 2 aliphatic rings. The van der Waals surface area contributed by atoms with E-state index in [9.17, 15) is 8.42 Å². The highest BCUT2D eigenvalue weighted by molar-refractivity contribution is 7.91. The molecule has 0 saturated carbocycles. The summed E-state index contributed by atoms with van der Waals surface area (Å²) < 4.78 is 29.2. The molecule has 1 aromatic heterocycles. The number of H-pyrrole nitrogens is 1. The van der Waals surface area contributed by atoms with Crippen molar-refractivity contribution in [2.75, 3.05) is 49.8 Å². The van der Waals surface area contributed by atoms with Gasteiger partial charge in [0.15, 0.2) is 9.84 Å². The number of aromatic amines is 1. The van der Waals surface area contributed by atoms with Gasteiger partial charge in [0.2, 0.25) is 0 Å². The molecule has 0 atom stereocenters. The normalized spacial score (nSPS) is 19.9. The Morgan fingerprint density at radius 3 is 2.50 bits per heavy atom. The van der Waals surface area contributed by atoms with Crippen molar-refractivity contribution in [1.29, 1.82) is 0 Å². The predicted molar refractivity (Wildman–Crippen MR) is 130 cm³/mol. The predicted octanol–water partition coefficient (Wildman–Crippen LogP) is 3.68. The fourth-order valence-corrected chi connectivity index (χ4v) is 6.14. The van der Waals surface area contributed by atoms with Crippen molar-refractivity contribution in [1.82, 2.24) is 9.88 Å². The van der Waals surface area contributed by atoms with Crippen LogP contribution in [-0.4, -0.2) is 69.2 Å². The summed E-state index contributed by atoms with van der Waals surface area (Å²) >= 11 is 0. The highest BCUT2D eigenvalue weighted by Gasteiger charge is 2.24. The van der Waals surface area contributed by atoms with Crippen molar-refractivity contribution in [3.8, 4) is 11.3 Å². The van der Waals surface area contributed by atoms with Crippen LogP contribution in [0.3, 0.4) is 0 Å². The second-order valence-electron chi connectivity index (χ2n) is 9.01. The van der Waals surface area contributed by atoms with E-state index >= 15 is 0 Å². The highest BCUT2D eigenvalue weighted by Crippen LogP contribution is 2.34. The molecule has 2 fully saturated rings. The smallest absolute Gasteiger partial charge is 0.152 e. The molecule has 0 bridgehead atoms. The Labute approximate surface area is 190 Å². The number of fused-ring (bicyclic) bond motifs is 1. The monoisotopic (exact) mass is 453 g/mol. The van der Waals surface area contributed by atoms with Crippen LogP contribution in [0.5, 0.6) is 0 Å². The molecule has 6 nitrogen and oxygen atoms in total. The van der Waals surface area contributed by atoms with E-state index in [1.807, 2.05) is 6.07 Å². The van der Waals surface area contributed by atoms with Gasteiger partial charge in [-0.2, -0.15) is 0 Å². The molecule has 0 aliphatic carbocycles. The molecule has 170 valence electrons. The van der Waals surface area contributed by atoms with E-state index in [1.165, 1.54) is 22.2 Å². The minimum Gasteiger partial charge on any atom is -0.381 e. The van der Waals surface area contributed by atoms with Crippen LogP contribution in [0.1, 0.15) is 18.4 Å². The zero-order valence-corrected chi connectivity index (χ0v) is 19.4. The minimum absolute atomic E-state index is 0.256. The first-order valence-corrected chi connectivity index (χ1v) is 13.2. The van der Waals surface area contributed by atoms with Crippen molar-refractivity contribution in [3.63, 3.8) is 0 Å². The van der Waals surface area contributed by atoms with Gasteiger partial charge >= 0.3 is 0 Å². The van der Waals surface area contributed by atoms with Crippen LogP contribution >= 0.6 is 0 Å². The van der Waals surface area contributed by atoms with Crippen molar-refractivity contribution >= 4 is 26.4 Å². The van der Waals surface area contributed by atoms with Gasteiger partial charge in [0, 0.05) is 57.0 Å². The first-order chi connectivity index (χ1) is 15.5. The first-order valence-electron chi connectivity index (χ1n) is 11.4. The number of anilines is 1. The summed E-state index contributed by atoms with van der Waals surface area (Å²) in [6.07, 6.45) is 2.05. The quantitative estimate of drug-likeness (QED) is 0.638. The van der Waals surface area contributed by atoms with E-state index in [2.05, 4.69) is 64.3 Å². The van der Waals surface area contributed by atoms with Gasteiger partial charge in [-0.1, -0.05) is 30.3 Å². The molecule has 2 aromatic carbocycles. The Morgan fingerprint density at radius 1 is 1.06 bits per heavy atom. The van der Waals surface area contributed by atoms with E-state index in [0.29, 0.717) is 19.1 Å². The SMILES string of the molecule is CN(c1cc(CN2CCS(=O)(=O)CC2)cc2cc(-c3ccccc3)[nH]c12)C1CCOCC1. The molecule has 0 amide bonds. The van der Waals surface area contributed by atoms with E-state index in [1.54, 1.807) is 0 Å². The summed E-state index contributed by atoms with van der Waals surface area (Å²) in [5, 5.41) is 1.19. The maximum Gasteiger partial charge on any atom is 0.152 e. The maximum atomic E-state index is 11.8. The Bertz CT molecular complexity index is 1170. The highest BCUT2D eigenvalue weighted by atomic mass is 32.2. The summed E-state index contributed by atoms with van der Waals surface area (Å²) in [5.74, 6) is 0.513. The molecule has 32 heavy (non-hydrogen) atoms. The Balaban J connectivity index is 1.51. The van der Waals surface area contributed by atoms with E-state index in [0.717, 1.165) is 43.8 Å². The number of hydrogen-bond donors (Lipinski definition) is 1. The van der Waals surface area contributed by atoms with Crippen LogP contribution in [0.2, 0.25) is 0 Å². The lowest BCUT2D eigenvalue weighted by Crippen LogP contribution is -2.39. The van der Waals surface area contributed by atoms with Gasteiger partial charge in [0.1, 0.15) is 0 Å². The molecule has 0 unspecified atom stereocenters. The van der Waals surface area contributed by atoms with Gasteiger partial charge in [-0.05, 0) is 42.2 Å². The number of benzene rings is 2. The third kappa shape index (κ3) is 4.56. The molecule has 7 heteroatoms. The number of nitrogens with zero attached hydrogens (tertiary/aromatic N) is 2. The Morgan fingerprint density at radius 2 is 1.78 bits per heavy atom. The lowest BCUT2D eigenvalue weighted by molar-refractivity contribution is 0.0855. The molecule has 0 radical (unpaired) electrons. The van der Waals surface area contributed by atoms with E-state index in [-0.39, 0.29) is 11.5 Å². The zero-order chi connectivity index (χ0) is 22.1. The minimum atomic E-state index is -2.87.